The Bertz CT molecular complexity index is 532. The molecular weight excluding hydrogens is 294 g/mol. The first-order chi connectivity index (χ1) is 7.63. The summed E-state index contributed by atoms with van der Waals surface area (Å²) < 4.78 is 6.12. The molecule has 0 radical (unpaired) electrons. The maximum atomic E-state index is 10.9. The molecule has 2 heterocycles. The molecule has 0 atom stereocenters. The molecule has 0 saturated heterocycles. The summed E-state index contributed by atoms with van der Waals surface area (Å²) in [6.45, 7) is 1.84. The van der Waals surface area contributed by atoms with Gasteiger partial charge in [0.05, 0.1) is 5.69 Å². The van der Waals surface area contributed by atoms with E-state index in [2.05, 4.69) is 20.9 Å². The fourth-order valence-electron chi connectivity index (χ4n) is 1.30. The Morgan fingerprint density at radius 3 is 2.88 bits per heavy atom. The Morgan fingerprint density at radius 2 is 2.44 bits per heavy atom. The van der Waals surface area contributed by atoms with E-state index in [0.717, 1.165) is 9.35 Å². The summed E-state index contributed by atoms with van der Waals surface area (Å²) >= 11 is 4.81. The van der Waals surface area contributed by atoms with Crippen LogP contribution in [0.3, 0.4) is 0 Å². The van der Waals surface area contributed by atoms with Crippen LogP contribution < -0.4 is 0 Å². The summed E-state index contributed by atoms with van der Waals surface area (Å²) in [5, 5.41) is 10.8. The average molecular weight is 302 g/mol. The number of nitrogens with zero attached hydrogens (tertiary/aromatic N) is 1. The van der Waals surface area contributed by atoms with E-state index in [-0.39, 0.29) is 5.76 Å². The lowest BCUT2D eigenvalue weighted by Gasteiger charge is -1.89. The molecule has 4 nitrogen and oxygen atoms in total. The molecule has 0 bridgehead atoms. The molecule has 0 fully saturated rings. The van der Waals surface area contributed by atoms with Gasteiger partial charge in [-0.3, -0.25) is 0 Å². The van der Waals surface area contributed by atoms with Crippen molar-refractivity contribution in [3.63, 3.8) is 0 Å². The van der Waals surface area contributed by atoms with E-state index >= 15 is 0 Å². The van der Waals surface area contributed by atoms with E-state index in [1.807, 2.05) is 18.4 Å². The number of carbonyl (C=O) groups is 1. The van der Waals surface area contributed by atoms with Crippen LogP contribution in [0.2, 0.25) is 0 Å². The first-order valence-corrected chi connectivity index (χ1v) is 6.27. The van der Waals surface area contributed by atoms with Crippen molar-refractivity contribution in [3.8, 4) is 10.8 Å². The summed E-state index contributed by atoms with van der Waals surface area (Å²) in [7, 11) is 0. The molecule has 0 unspecified atom stereocenters. The fourth-order valence-corrected chi connectivity index (χ4v) is 2.77. The lowest BCUT2D eigenvalue weighted by atomic mass is 10.3. The van der Waals surface area contributed by atoms with E-state index in [4.69, 9.17) is 9.52 Å². The van der Waals surface area contributed by atoms with Gasteiger partial charge in [-0.25, -0.2) is 9.78 Å². The van der Waals surface area contributed by atoms with Crippen LogP contribution in [0.5, 0.6) is 0 Å². The highest BCUT2D eigenvalue weighted by molar-refractivity contribution is 9.10. The molecule has 2 aromatic heterocycles. The molecular formula is C10H8BrNO3S. The number of oxazole rings is 1. The van der Waals surface area contributed by atoms with Crippen LogP contribution in [0, 0.1) is 0 Å². The first-order valence-electron chi connectivity index (χ1n) is 4.59. The molecule has 0 aliphatic heterocycles. The second-order valence-corrected chi connectivity index (χ2v) is 4.82. The maximum Gasteiger partial charge on any atom is 0.373 e. The van der Waals surface area contributed by atoms with Gasteiger partial charge < -0.3 is 9.52 Å². The van der Waals surface area contributed by atoms with Gasteiger partial charge in [0.2, 0.25) is 11.7 Å². The van der Waals surface area contributed by atoms with Crippen LogP contribution in [-0.4, -0.2) is 16.1 Å². The summed E-state index contributed by atoms with van der Waals surface area (Å²) in [4.78, 5) is 15.9. The van der Waals surface area contributed by atoms with E-state index < -0.39 is 5.97 Å². The second-order valence-electron chi connectivity index (χ2n) is 3.05. The zero-order valence-electron chi connectivity index (χ0n) is 8.36. The van der Waals surface area contributed by atoms with Crippen LogP contribution in [0.1, 0.15) is 23.2 Å². The van der Waals surface area contributed by atoms with Gasteiger partial charge in [-0.1, -0.05) is 6.92 Å². The van der Waals surface area contributed by atoms with Gasteiger partial charge in [0.1, 0.15) is 4.88 Å². The minimum atomic E-state index is -1.08. The molecule has 2 aromatic rings. The molecule has 6 heteroatoms. The monoisotopic (exact) mass is 301 g/mol. The molecule has 0 aromatic carbocycles. The number of hydrogen-bond donors (Lipinski definition) is 1. The standard InChI is InChI=1S/C10H8BrNO3S/c1-2-6-7(10(13)14)15-9(12-6)8-5(11)3-4-16-8/h3-4H,2H2,1H3,(H,13,14). The number of aromatic nitrogens is 1. The van der Waals surface area contributed by atoms with Crippen LogP contribution in [-0.2, 0) is 6.42 Å². The number of thiophene rings is 1. The van der Waals surface area contributed by atoms with E-state index in [0.29, 0.717) is 18.0 Å². The van der Waals surface area contributed by atoms with Gasteiger partial charge in [-0.05, 0) is 33.8 Å². The second kappa shape index (κ2) is 4.39. The van der Waals surface area contributed by atoms with Gasteiger partial charge >= 0.3 is 5.97 Å². The van der Waals surface area contributed by atoms with Gasteiger partial charge in [0, 0.05) is 4.47 Å². The molecule has 2 rings (SSSR count). The van der Waals surface area contributed by atoms with E-state index in [9.17, 15) is 4.79 Å². The number of carboxylic acids is 1. The number of rotatable bonds is 3. The predicted molar refractivity (Wildman–Crippen MR) is 63.9 cm³/mol. The van der Waals surface area contributed by atoms with Crippen LogP contribution in [0.4, 0.5) is 0 Å². The Balaban J connectivity index is 2.52. The maximum absolute atomic E-state index is 10.9. The SMILES string of the molecule is CCc1nc(-c2sccc2Br)oc1C(=O)O. The van der Waals surface area contributed by atoms with Crippen LogP contribution >= 0.6 is 27.3 Å². The molecule has 0 amide bonds. The highest BCUT2D eigenvalue weighted by Gasteiger charge is 2.20. The predicted octanol–water partition coefficient (Wildman–Crippen LogP) is 3.43. The number of hydrogen-bond acceptors (Lipinski definition) is 4. The Hall–Kier alpha value is -1.14. The fraction of sp³-hybridized carbons (Fsp3) is 0.200. The third-order valence-corrected chi connectivity index (χ3v) is 3.86. The van der Waals surface area contributed by atoms with Crippen LogP contribution in [0.25, 0.3) is 10.8 Å². The third kappa shape index (κ3) is 1.90. The first kappa shape index (κ1) is 11.3. The van der Waals surface area contributed by atoms with Gasteiger partial charge in [0.15, 0.2) is 0 Å². The lowest BCUT2D eigenvalue weighted by molar-refractivity contribution is 0.0662. The van der Waals surface area contributed by atoms with Crippen molar-refractivity contribution in [2.24, 2.45) is 0 Å². The molecule has 0 spiro atoms. The molecule has 1 N–H and O–H groups in total. The minimum absolute atomic E-state index is 0.0715. The van der Waals surface area contributed by atoms with Gasteiger partial charge in [0.25, 0.3) is 0 Å². The number of carboxylic acid groups (broad SMARTS) is 1. The van der Waals surface area contributed by atoms with Gasteiger partial charge in [-0.2, -0.15) is 0 Å². The van der Waals surface area contributed by atoms with Crippen LogP contribution in [0.15, 0.2) is 20.3 Å². The summed E-state index contributed by atoms with van der Waals surface area (Å²) in [6.07, 6.45) is 0.536. The zero-order chi connectivity index (χ0) is 11.7. The average Bonchev–Trinajstić information content (AvgIpc) is 2.82. The largest absolute Gasteiger partial charge is 0.475 e. The van der Waals surface area contributed by atoms with Crippen molar-refractivity contribution in [2.75, 3.05) is 0 Å². The van der Waals surface area contributed by atoms with Crippen molar-refractivity contribution in [3.05, 3.63) is 27.4 Å². The van der Waals surface area contributed by atoms with Crippen molar-refractivity contribution in [1.29, 1.82) is 0 Å². The van der Waals surface area contributed by atoms with Crippen molar-refractivity contribution in [2.45, 2.75) is 13.3 Å². The Kier molecular flexibility index (Phi) is 3.11. The normalized spacial score (nSPS) is 10.6. The molecule has 0 saturated carbocycles. The molecule has 16 heavy (non-hydrogen) atoms. The number of aromatic carboxylic acids is 1. The summed E-state index contributed by atoms with van der Waals surface area (Å²) in [5.41, 5.74) is 0.475. The summed E-state index contributed by atoms with van der Waals surface area (Å²) in [6, 6.07) is 1.87. The number of halogens is 1. The van der Waals surface area contributed by atoms with Gasteiger partial charge in [-0.15, -0.1) is 11.3 Å². The zero-order valence-corrected chi connectivity index (χ0v) is 10.8. The summed E-state index contributed by atoms with van der Waals surface area (Å²) in [5.74, 6) is -0.794. The third-order valence-electron chi connectivity index (χ3n) is 2.04. The van der Waals surface area contributed by atoms with E-state index in [1.54, 1.807) is 0 Å². The number of aryl methyl sites for hydroxylation is 1. The Labute approximate surface area is 104 Å². The quantitative estimate of drug-likeness (QED) is 0.943. The molecule has 0 aliphatic rings. The van der Waals surface area contributed by atoms with Crippen molar-refractivity contribution in [1.82, 2.24) is 4.98 Å². The van der Waals surface area contributed by atoms with E-state index in [1.165, 1.54) is 11.3 Å². The molecule has 84 valence electrons. The van der Waals surface area contributed by atoms with Crippen molar-refractivity contribution < 1.29 is 14.3 Å². The smallest absolute Gasteiger partial charge is 0.373 e. The highest BCUT2D eigenvalue weighted by atomic mass is 79.9. The lowest BCUT2D eigenvalue weighted by Crippen LogP contribution is -1.98. The van der Waals surface area contributed by atoms with Crippen molar-refractivity contribution >= 4 is 33.2 Å². The topological polar surface area (TPSA) is 63.3 Å². The molecule has 0 aliphatic carbocycles. The Morgan fingerprint density at radius 1 is 1.69 bits per heavy atom. The highest BCUT2D eigenvalue weighted by Crippen LogP contribution is 2.34. The minimum Gasteiger partial charge on any atom is -0.475 e.